The zero-order chi connectivity index (χ0) is 16.6. The van der Waals surface area contributed by atoms with Crippen LogP contribution >= 0.6 is 35.4 Å². The fraction of sp³-hybridized carbons (Fsp3) is 0.400. The Bertz CT molecular complexity index is 801. The maximum absolute atomic E-state index is 12.2. The number of carbonyl (C=O) groups is 1. The number of aromatic amines is 1. The van der Waals surface area contributed by atoms with Crippen LogP contribution in [0, 0.1) is 10.7 Å². The average Bonchev–Trinajstić information content (AvgIpc) is 3.26. The van der Waals surface area contributed by atoms with E-state index in [0.29, 0.717) is 27.8 Å². The number of hydrogen-bond acceptors (Lipinski definition) is 3. The van der Waals surface area contributed by atoms with Gasteiger partial charge in [-0.3, -0.25) is 9.89 Å². The van der Waals surface area contributed by atoms with Gasteiger partial charge in [0, 0.05) is 25.9 Å². The molecule has 122 valence electrons. The van der Waals surface area contributed by atoms with E-state index in [4.69, 9.17) is 35.4 Å². The molecule has 1 saturated carbocycles. The van der Waals surface area contributed by atoms with Gasteiger partial charge in [-0.05, 0) is 36.2 Å². The fourth-order valence-corrected chi connectivity index (χ4v) is 3.27. The molecule has 1 aromatic carbocycles. The number of rotatable bonds is 5. The minimum absolute atomic E-state index is 0.0339. The molecule has 3 rings (SSSR count). The molecule has 1 aliphatic carbocycles. The highest BCUT2D eigenvalue weighted by Crippen LogP contribution is 2.50. The van der Waals surface area contributed by atoms with Crippen LogP contribution in [0.5, 0.6) is 0 Å². The van der Waals surface area contributed by atoms with Gasteiger partial charge in [-0.15, -0.1) is 0 Å². The number of nitrogens with zero attached hydrogens (tertiary/aromatic N) is 2. The minimum atomic E-state index is -0.0339. The molecule has 2 N–H and O–H groups in total. The van der Waals surface area contributed by atoms with Crippen molar-refractivity contribution in [2.24, 2.45) is 13.0 Å². The lowest BCUT2D eigenvalue weighted by Crippen LogP contribution is -2.28. The second-order valence-electron chi connectivity index (χ2n) is 5.64. The Labute approximate surface area is 149 Å². The summed E-state index contributed by atoms with van der Waals surface area (Å²) in [7, 11) is 1.85. The number of nitrogens with one attached hydrogen (secondary N) is 2. The third kappa shape index (κ3) is 3.44. The van der Waals surface area contributed by atoms with Crippen molar-refractivity contribution < 1.29 is 4.79 Å². The first kappa shape index (κ1) is 16.5. The molecule has 0 saturated heterocycles. The monoisotopic (exact) mass is 370 g/mol. The summed E-state index contributed by atoms with van der Waals surface area (Å²) in [5.41, 5.74) is 0.953. The average molecular weight is 371 g/mol. The molecule has 1 amide bonds. The van der Waals surface area contributed by atoms with Crippen molar-refractivity contribution in [3.63, 3.8) is 0 Å². The molecule has 0 unspecified atom stereocenters. The zero-order valence-electron chi connectivity index (χ0n) is 12.5. The number of aromatic nitrogens is 3. The molecule has 2 atom stereocenters. The van der Waals surface area contributed by atoms with Crippen molar-refractivity contribution in [3.8, 4) is 0 Å². The molecule has 1 aliphatic rings. The molecule has 1 heterocycles. The van der Waals surface area contributed by atoms with Gasteiger partial charge < -0.3 is 9.88 Å². The van der Waals surface area contributed by atoms with E-state index in [0.717, 1.165) is 17.8 Å². The summed E-state index contributed by atoms with van der Waals surface area (Å²) >= 11 is 17.3. The smallest absolute Gasteiger partial charge is 0.223 e. The van der Waals surface area contributed by atoms with Crippen LogP contribution in [0.15, 0.2) is 18.2 Å². The van der Waals surface area contributed by atoms with Gasteiger partial charge in [0.05, 0.1) is 10.0 Å². The van der Waals surface area contributed by atoms with Gasteiger partial charge in [0.25, 0.3) is 0 Å². The SMILES string of the molecule is Cn1c(CCNC(=O)[C@H]2C[C@@H]2c2cccc(Cl)c2Cl)n[nH]c1=S. The van der Waals surface area contributed by atoms with E-state index in [1.807, 2.05) is 19.2 Å². The minimum Gasteiger partial charge on any atom is -0.355 e. The molecule has 8 heteroatoms. The summed E-state index contributed by atoms with van der Waals surface area (Å²) in [6.45, 7) is 0.527. The van der Waals surface area contributed by atoms with Crippen molar-refractivity contribution in [2.75, 3.05) is 6.54 Å². The fourth-order valence-electron chi connectivity index (χ4n) is 2.67. The molecule has 0 bridgehead atoms. The van der Waals surface area contributed by atoms with Crippen molar-refractivity contribution >= 4 is 41.3 Å². The first-order valence-corrected chi connectivity index (χ1v) is 8.47. The molecule has 1 fully saturated rings. The van der Waals surface area contributed by atoms with E-state index in [-0.39, 0.29) is 17.7 Å². The van der Waals surface area contributed by atoms with Crippen LogP contribution in [0.3, 0.4) is 0 Å². The van der Waals surface area contributed by atoms with Crippen molar-refractivity contribution in [1.29, 1.82) is 0 Å². The van der Waals surface area contributed by atoms with Gasteiger partial charge in [0.15, 0.2) is 4.77 Å². The molecule has 0 aliphatic heterocycles. The van der Waals surface area contributed by atoms with Crippen LogP contribution in [-0.4, -0.2) is 27.2 Å². The summed E-state index contributed by atoms with van der Waals surface area (Å²) in [6, 6.07) is 5.55. The van der Waals surface area contributed by atoms with E-state index >= 15 is 0 Å². The van der Waals surface area contributed by atoms with Crippen LogP contribution in [0.4, 0.5) is 0 Å². The normalized spacial score (nSPS) is 19.6. The van der Waals surface area contributed by atoms with E-state index in [1.54, 1.807) is 10.6 Å². The Morgan fingerprint density at radius 1 is 1.52 bits per heavy atom. The maximum Gasteiger partial charge on any atom is 0.223 e. The second-order valence-corrected chi connectivity index (χ2v) is 6.81. The first-order chi connectivity index (χ1) is 11.0. The van der Waals surface area contributed by atoms with Gasteiger partial charge in [-0.25, -0.2) is 0 Å². The van der Waals surface area contributed by atoms with Crippen LogP contribution in [0.1, 0.15) is 23.7 Å². The highest BCUT2D eigenvalue weighted by Gasteiger charge is 2.44. The van der Waals surface area contributed by atoms with E-state index < -0.39 is 0 Å². The van der Waals surface area contributed by atoms with E-state index in [2.05, 4.69) is 15.5 Å². The maximum atomic E-state index is 12.2. The van der Waals surface area contributed by atoms with Crippen LogP contribution in [0.2, 0.25) is 10.0 Å². The van der Waals surface area contributed by atoms with Crippen molar-refractivity contribution in [3.05, 3.63) is 44.4 Å². The van der Waals surface area contributed by atoms with Crippen molar-refractivity contribution in [2.45, 2.75) is 18.8 Å². The topological polar surface area (TPSA) is 62.7 Å². The highest BCUT2D eigenvalue weighted by molar-refractivity contribution is 7.71. The lowest BCUT2D eigenvalue weighted by Gasteiger charge is -2.06. The Morgan fingerprint density at radius 2 is 2.30 bits per heavy atom. The Kier molecular flexibility index (Phi) is 4.75. The van der Waals surface area contributed by atoms with Gasteiger partial charge in [-0.2, -0.15) is 5.10 Å². The molecule has 23 heavy (non-hydrogen) atoms. The lowest BCUT2D eigenvalue weighted by molar-refractivity contribution is -0.122. The zero-order valence-corrected chi connectivity index (χ0v) is 14.8. The van der Waals surface area contributed by atoms with Crippen LogP contribution < -0.4 is 5.32 Å². The van der Waals surface area contributed by atoms with Gasteiger partial charge in [0.2, 0.25) is 5.91 Å². The quantitative estimate of drug-likeness (QED) is 0.794. The van der Waals surface area contributed by atoms with Gasteiger partial charge in [0.1, 0.15) is 5.82 Å². The number of H-pyrrole nitrogens is 1. The summed E-state index contributed by atoms with van der Waals surface area (Å²) in [5, 5.41) is 10.9. The Balaban J connectivity index is 1.53. The number of halogens is 2. The van der Waals surface area contributed by atoms with Gasteiger partial charge in [-0.1, -0.05) is 35.3 Å². The summed E-state index contributed by atoms with van der Waals surface area (Å²) in [5.74, 6) is 0.985. The summed E-state index contributed by atoms with van der Waals surface area (Å²) in [4.78, 5) is 12.2. The molecule has 5 nitrogen and oxygen atoms in total. The number of carbonyl (C=O) groups excluding carboxylic acids is 1. The molecular formula is C15H16Cl2N4OS. The molecular weight excluding hydrogens is 355 g/mol. The Morgan fingerprint density at radius 3 is 3.00 bits per heavy atom. The molecule has 1 aromatic heterocycles. The third-order valence-corrected chi connectivity index (χ3v) is 5.33. The van der Waals surface area contributed by atoms with Crippen LogP contribution in [0.25, 0.3) is 0 Å². The number of hydrogen-bond donors (Lipinski definition) is 2. The van der Waals surface area contributed by atoms with Crippen molar-refractivity contribution in [1.82, 2.24) is 20.1 Å². The van der Waals surface area contributed by atoms with E-state index in [1.165, 1.54) is 0 Å². The molecule has 0 spiro atoms. The largest absolute Gasteiger partial charge is 0.355 e. The lowest BCUT2D eigenvalue weighted by atomic mass is 10.1. The number of benzene rings is 1. The predicted octanol–water partition coefficient (Wildman–Crippen LogP) is 3.25. The predicted molar refractivity (Wildman–Crippen MR) is 92.4 cm³/mol. The third-order valence-electron chi connectivity index (χ3n) is 4.13. The highest BCUT2D eigenvalue weighted by atomic mass is 35.5. The molecule has 2 aromatic rings. The summed E-state index contributed by atoms with van der Waals surface area (Å²) in [6.07, 6.45) is 1.43. The standard InChI is InChI=1S/C15H16Cl2N4OS/c1-21-12(19-20-15(21)23)5-6-18-14(22)10-7-9(10)8-3-2-4-11(16)13(8)17/h2-4,9-10H,5-7H2,1H3,(H,18,22)(H,20,23)/t9-,10+/m1/s1. The van der Waals surface area contributed by atoms with Gasteiger partial charge >= 0.3 is 0 Å². The Hall–Kier alpha value is -1.37. The number of amides is 1. The second kappa shape index (κ2) is 6.63. The van der Waals surface area contributed by atoms with Crippen LogP contribution in [-0.2, 0) is 18.3 Å². The first-order valence-electron chi connectivity index (χ1n) is 7.31. The summed E-state index contributed by atoms with van der Waals surface area (Å²) < 4.78 is 2.37. The van der Waals surface area contributed by atoms with E-state index in [9.17, 15) is 4.79 Å². The molecule has 0 radical (unpaired) electrons.